The molecule has 0 unspecified atom stereocenters. The minimum absolute atomic E-state index is 0.00241. The van der Waals surface area contributed by atoms with E-state index in [0.717, 1.165) is 0 Å². The first kappa shape index (κ1) is 15.0. The van der Waals surface area contributed by atoms with Crippen molar-refractivity contribution in [3.05, 3.63) is 22.6 Å². The van der Waals surface area contributed by atoms with E-state index in [0.29, 0.717) is 0 Å². The van der Waals surface area contributed by atoms with Crippen LogP contribution in [0, 0.1) is 5.92 Å². The minimum Gasteiger partial charge on any atom is -0.282 e. The Morgan fingerprint density at radius 2 is 1.67 bits per heavy atom. The van der Waals surface area contributed by atoms with Gasteiger partial charge < -0.3 is 0 Å². The van der Waals surface area contributed by atoms with Gasteiger partial charge in [-0.3, -0.25) is 4.55 Å². The fourth-order valence-electron chi connectivity index (χ4n) is 1.34. The van der Waals surface area contributed by atoms with Crippen molar-refractivity contribution < 1.29 is 39.3 Å². The van der Waals surface area contributed by atoms with Crippen LogP contribution in [0.15, 0.2) is 22.6 Å². The van der Waals surface area contributed by atoms with Crippen molar-refractivity contribution in [1.29, 1.82) is 0 Å². The first-order valence-electron chi connectivity index (χ1n) is 4.35. The number of alkyl halides is 6. The monoisotopic (exact) mass is 296 g/mol. The van der Waals surface area contributed by atoms with E-state index < -0.39 is 45.3 Å². The first-order chi connectivity index (χ1) is 7.82. The maximum atomic E-state index is 12.3. The van der Waals surface area contributed by atoms with E-state index in [4.69, 9.17) is 4.55 Å². The summed E-state index contributed by atoms with van der Waals surface area (Å²) in [4.78, 5) is -1.31. The largest absolute Gasteiger partial charge is 0.416 e. The molecule has 1 atom stereocenters. The van der Waals surface area contributed by atoms with E-state index >= 15 is 0 Å². The minimum atomic E-state index is -5.13. The van der Waals surface area contributed by atoms with Crippen molar-refractivity contribution in [3.63, 3.8) is 0 Å². The second-order valence-electron chi connectivity index (χ2n) is 3.56. The molecule has 3 nitrogen and oxygen atoms in total. The van der Waals surface area contributed by atoms with Gasteiger partial charge in [0.2, 0.25) is 0 Å². The van der Waals surface area contributed by atoms with E-state index in [2.05, 4.69) is 0 Å². The summed E-state index contributed by atoms with van der Waals surface area (Å²) in [5, 5.41) is 0. The third kappa shape index (κ3) is 3.48. The Hall–Kier alpha value is -1.03. The Bertz CT molecular complexity index is 496. The molecule has 1 aliphatic rings. The Kier molecular flexibility index (Phi) is 3.56. The molecule has 0 fully saturated rings. The normalized spacial score (nSPS) is 22.5. The average Bonchev–Trinajstić information content (AvgIpc) is 2.13. The molecule has 0 aromatic carbocycles. The highest BCUT2D eigenvalue weighted by molar-refractivity contribution is 7.89. The van der Waals surface area contributed by atoms with Gasteiger partial charge in [0, 0.05) is 6.42 Å². The molecule has 104 valence electrons. The van der Waals surface area contributed by atoms with Gasteiger partial charge in [-0.15, -0.1) is 0 Å². The highest BCUT2D eigenvalue weighted by Gasteiger charge is 2.45. The molecule has 0 spiro atoms. The Labute approximate surface area is 97.5 Å². The van der Waals surface area contributed by atoms with Crippen LogP contribution in [0.5, 0.6) is 0 Å². The molecule has 0 radical (unpaired) electrons. The van der Waals surface area contributed by atoms with Crippen LogP contribution in [0.1, 0.15) is 6.42 Å². The quantitative estimate of drug-likeness (QED) is 0.598. The molecule has 10 heteroatoms. The molecule has 0 aromatic heterocycles. The lowest BCUT2D eigenvalue weighted by molar-refractivity contribution is -0.162. The summed E-state index contributed by atoms with van der Waals surface area (Å²) in [6.45, 7) is 0. The van der Waals surface area contributed by atoms with Crippen LogP contribution in [0.25, 0.3) is 0 Å². The first-order valence-corrected chi connectivity index (χ1v) is 5.79. The fourth-order valence-corrected chi connectivity index (χ4v) is 2.01. The zero-order valence-corrected chi connectivity index (χ0v) is 9.20. The molecule has 0 saturated heterocycles. The van der Waals surface area contributed by atoms with Gasteiger partial charge in [-0.2, -0.15) is 34.8 Å². The summed E-state index contributed by atoms with van der Waals surface area (Å²) in [6, 6.07) is 0. The van der Waals surface area contributed by atoms with Crippen LogP contribution in [0.2, 0.25) is 0 Å². The summed E-state index contributed by atoms with van der Waals surface area (Å²) in [6.07, 6.45) is -11.5. The van der Waals surface area contributed by atoms with Gasteiger partial charge in [-0.25, -0.2) is 0 Å². The van der Waals surface area contributed by atoms with Gasteiger partial charge in [-0.1, -0.05) is 6.08 Å². The molecule has 0 heterocycles. The molecule has 0 aromatic rings. The van der Waals surface area contributed by atoms with Crippen LogP contribution in [0.3, 0.4) is 0 Å². The lowest BCUT2D eigenvalue weighted by Gasteiger charge is -2.23. The third-order valence-corrected chi connectivity index (χ3v) is 3.14. The van der Waals surface area contributed by atoms with E-state index in [1.54, 1.807) is 0 Å². The summed E-state index contributed by atoms with van der Waals surface area (Å²) in [7, 11) is -5.09. The van der Waals surface area contributed by atoms with Crippen molar-refractivity contribution in [2.24, 2.45) is 5.92 Å². The second-order valence-corrected chi connectivity index (χ2v) is 5.03. The average molecular weight is 296 g/mol. The predicted octanol–water partition coefficient (Wildman–Crippen LogP) is 2.83. The van der Waals surface area contributed by atoms with Gasteiger partial charge in [0.05, 0.1) is 16.4 Å². The van der Waals surface area contributed by atoms with Crippen LogP contribution in [-0.2, 0) is 10.1 Å². The van der Waals surface area contributed by atoms with Crippen LogP contribution < -0.4 is 0 Å². The lowest BCUT2D eigenvalue weighted by atomic mass is 9.95. The van der Waals surface area contributed by atoms with Gasteiger partial charge >= 0.3 is 12.4 Å². The molecular formula is C8H6F6O3S. The number of rotatable bonds is 1. The topological polar surface area (TPSA) is 54.4 Å². The van der Waals surface area contributed by atoms with Gasteiger partial charge in [0.15, 0.2) is 0 Å². The SMILES string of the molecule is O=S(=O)(O)C1=CC(C(F)(F)F)=C[C@H](C(F)(F)F)C1. The molecule has 1 aliphatic carbocycles. The smallest absolute Gasteiger partial charge is 0.282 e. The highest BCUT2D eigenvalue weighted by Crippen LogP contribution is 2.41. The zero-order valence-electron chi connectivity index (χ0n) is 8.38. The maximum absolute atomic E-state index is 12.3. The molecular weight excluding hydrogens is 290 g/mol. The Morgan fingerprint density at radius 1 is 1.17 bits per heavy atom. The molecule has 1 N–H and O–H groups in total. The van der Waals surface area contributed by atoms with Crippen LogP contribution in [-0.4, -0.2) is 25.3 Å². The third-order valence-electron chi connectivity index (χ3n) is 2.20. The summed E-state index contributed by atoms with van der Waals surface area (Å²) >= 11 is 0. The van der Waals surface area contributed by atoms with E-state index in [9.17, 15) is 34.8 Å². The zero-order chi connectivity index (χ0) is 14.4. The van der Waals surface area contributed by atoms with Gasteiger partial charge in [-0.05, 0) is 6.08 Å². The van der Waals surface area contributed by atoms with E-state index in [-0.39, 0.29) is 12.2 Å². The highest BCUT2D eigenvalue weighted by atomic mass is 32.2. The van der Waals surface area contributed by atoms with Crippen molar-refractivity contribution in [3.8, 4) is 0 Å². The molecule has 18 heavy (non-hydrogen) atoms. The number of hydrogen-bond acceptors (Lipinski definition) is 2. The van der Waals surface area contributed by atoms with E-state index in [1.807, 2.05) is 0 Å². The van der Waals surface area contributed by atoms with Gasteiger partial charge in [0.1, 0.15) is 0 Å². The molecule has 0 aliphatic heterocycles. The number of hydrogen-bond donors (Lipinski definition) is 1. The predicted molar refractivity (Wildman–Crippen MR) is 47.9 cm³/mol. The number of halogens is 6. The number of allylic oxidation sites excluding steroid dienone is 4. The van der Waals surface area contributed by atoms with Crippen molar-refractivity contribution in [2.45, 2.75) is 18.8 Å². The molecule has 0 bridgehead atoms. The summed E-state index contributed by atoms with van der Waals surface area (Å²) in [5.41, 5.74) is -1.75. The lowest BCUT2D eigenvalue weighted by Crippen LogP contribution is -2.28. The second kappa shape index (κ2) is 4.26. The van der Waals surface area contributed by atoms with Crippen molar-refractivity contribution in [2.75, 3.05) is 0 Å². The van der Waals surface area contributed by atoms with Crippen LogP contribution >= 0.6 is 0 Å². The standard InChI is InChI=1S/C8H6F6O3S/c9-7(10,11)4-1-5(8(12,13)14)3-6(2-4)18(15,16)17/h1-2,5H,3H2,(H,15,16,17)/t5-/m0/s1. The Morgan fingerprint density at radius 3 is 2.00 bits per heavy atom. The Balaban J connectivity index is 3.30. The van der Waals surface area contributed by atoms with Crippen molar-refractivity contribution >= 4 is 10.1 Å². The van der Waals surface area contributed by atoms with Crippen LogP contribution in [0.4, 0.5) is 26.3 Å². The maximum Gasteiger partial charge on any atom is 0.416 e. The fraction of sp³-hybridized carbons (Fsp3) is 0.500. The summed E-state index contributed by atoms with van der Waals surface area (Å²) < 4.78 is 104. The molecule has 0 amide bonds. The van der Waals surface area contributed by atoms with Crippen molar-refractivity contribution in [1.82, 2.24) is 0 Å². The van der Waals surface area contributed by atoms with E-state index in [1.165, 1.54) is 0 Å². The summed E-state index contributed by atoms with van der Waals surface area (Å²) in [5.74, 6) is -2.60. The molecule has 0 saturated carbocycles. The molecule has 1 rings (SSSR count). The van der Waals surface area contributed by atoms with Gasteiger partial charge in [0.25, 0.3) is 10.1 Å².